The van der Waals surface area contributed by atoms with Gasteiger partial charge in [0.1, 0.15) is 5.82 Å². The number of nitrogens with one attached hydrogen (secondary N) is 1. The number of benzene rings is 2. The van der Waals surface area contributed by atoms with E-state index in [0.29, 0.717) is 11.5 Å². The lowest BCUT2D eigenvalue weighted by molar-refractivity contribution is 0.618. The highest BCUT2D eigenvalue weighted by atomic mass is 19.1. The molecule has 1 N–H and O–H groups in total. The fourth-order valence-electron chi connectivity index (χ4n) is 2.17. The first-order chi connectivity index (χ1) is 9.18. The van der Waals surface area contributed by atoms with Gasteiger partial charge in [-0.05, 0) is 37.0 Å². The molecule has 2 aromatic rings. The molecule has 19 heavy (non-hydrogen) atoms. The molecule has 0 saturated heterocycles. The van der Waals surface area contributed by atoms with E-state index in [4.69, 9.17) is 0 Å². The quantitative estimate of drug-likeness (QED) is 0.815. The van der Waals surface area contributed by atoms with Crippen molar-refractivity contribution in [3.05, 3.63) is 65.5 Å². The molecule has 0 aromatic heterocycles. The van der Waals surface area contributed by atoms with Gasteiger partial charge in [0, 0.05) is 17.8 Å². The molecule has 0 fully saturated rings. The first kappa shape index (κ1) is 13.6. The zero-order valence-corrected chi connectivity index (χ0v) is 11.5. The smallest absolute Gasteiger partial charge is 0.128 e. The van der Waals surface area contributed by atoms with Crippen LogP contribution in [0.3, 0.4) is 0 Å². The van der Waals surface area contributed by atoms with Crippen molar-refractivity contribution in [1.82, 2.24) is 0 Å². The lowest BCUT2D eigenvalue weighted by atomic mass is 9.98. The Morgan fingerprint density at radius 1 is 1.05 bits per heavy atom. The summed E-state index contributed by atoms with van der Waals surface area (Å²) in [4.78, 5) is 0. The molecule has 0 heterocycles. The number of hydrogen-bond donors (Lipinski definition) is 1. The van der Waals surface area contributed by atoms with Gasteiger partial charge in [-0.15, -0.1) is 0 Å². The van der Waals surface area contributed by atoms with Gasteiger partial charge >= 0.3 is 0 Å². The predicted octanol–water partition coefficient (Wildman–Crippen LogP) is 4.74. The summed E-state index contributed by atoms with van der Waals surface area (Å²) in [6.45, 7) is 4.87. The summed E-state index contributed by atoms with van der Waals surface area (Å²) in [5, 5.41) is 3.31. The Labute approximate surface area is 114 Å². The van der Waals surface area contributed by atoms with Crippen LogP contribution in [0, 0.1) is 12.7 Å². The van der Waals surface area contributed by atoms with E-state index in [9.17, 15) is 4.39 Å². The van der Waals surface area contributed by atoms with Crippen LogP contribution in [-0.2, 0) is 0 Å². The molecule has 0 amide bonds. The van der Waals surface area contributed by atoms with Crippen molar-refractivity contribution in [3.8, 4) is 0 Å². The van der Waals surface area contributed by atoms with E-state index in [1.165, 1.54) is 11.6 Å². The Balaban J connectivity index is 1.88. The van der Waals surface area contributed by atoms with Crippen molar-refractivity contribution in [2.24, 2.45) is 0 Å². The molecule has 0 saturated carbocycles. The second kappa shape index (κ2) is 6.37. The summed E-state index contributed by atoms with van der Waals surface area (Å²) in [6.07, 6.45) is 1.03. The molecule has 0 aliphatic heterocycles. The second-order valence-electron chi connectivity index (χ2n) is 4.94. The zero-order valence-electron chi connectivity index (χ0n) is 11.5. The molecule has 2 rings (SSSR count). The van der Waals surface area contributed by atoms with Gasteiger partial charge in [-0.25, -0.2) is 4.39 Å². The Kier molecular flexibility index (Phi) is 4.56. The third-order valence-electron chi connectivity index (χ3n) is 3.53. The standard InChI is InChI=1S/C17H20FN/c1-13(15-7-4-3-5-8-15)11-12-19-17-10-6-9-16(18)14(17)2/h3-10,13,19H,11-12H2,1-2H3. The average Bonchev–Trinajstić information content (AvgIpc) is 2.44. The van der Waals surface area contributed by atoms with Crippen molar-refractivity contribution in [2.45, 2.75) is 26.2 Å². The van der Waals surface area contributed by atoms with E-state index in [0.717, 1.165) is 18.7 Å². The molecule has 0 radical (unpaired) electrons. The molecule has 1 unspecified atom stereocenters. The Bertz CT molecular complexity index is 522. The lowest BCUT2D eigenvalue weighted by Crippen LogP contribution is -2.07. The Morgan fingerprint density at radius 2 is 1.79 bits per heavy atom. The van der Waals surface area contributed by atoms with Crippen LogP contribution < -0.4 is 5.32 Å². The van der Waals surface area contributed by atoms with Crippen LogP contribution in [0.15, 0.2) is 48.5 Å². The normalized spacial score (nSPS) is 12.2. The van der Waals surface area contributed by atoms with E-state index >= 15 is 0 Å². The van der Waals surface area contributed by atoms with Crippen LogP contribution in [-0.4, -0.2) is 6.54 Å². The van der Waals surface area contributed by atoms with Crippen LogP contribution in [0.5, 0.6) is 0 Å². The maximum atomic E-state index is 13.4. The molecule has 1 nitrogen and oxygen atoms in total. The van der Waals surface area contributed by atoms with Gasteiger partial charge in [-0.1, -0.05) is 43.3 Å². The summed E-state index contributed by atoms with van der Waals surface area (Å²) in [6, 6.07) is 15.6. The Hall–Kier alpha value is -1.83. The predicted molar refractivity (Wildman–Crippen MR) is 79.1 cm³/mol. The van der Waals surface area contributed by atoms with E-state index in [1.807, 2.05) is 12.1 Å². The lowest BCUT2D eigenvalue weighted by Gasteiger charge is -2.14. The van der Waals surface area contributed by atoms with Crippen LogP contribution in [0.2, 0.25) is 0 Å². The summed E-state index contributed by atoms with van der Waals surface area (Å²) < 4.78 is 13.4. The minimum absolute atomic E-state index is 0.152. The van der Waals surface area contributed by atoms with Crippen molar-refractivity contribution in [1.29, 1.82) is 0 Å². The number of rotatable bonds is 5. The highest BCUT2D eigenvalue weighted by molar-refractivity contribution is 5.50. The van der Waals surface area contributed by atoms with E-state index in [-0.39, 0.29) is 5.82 Å². The topological polar surface area (TPSA) is 12.0 Å². The number of hydrogen-bond acceptors (Lipinski definition) is 1. The second-order valence-corrected chi connectivity index (χ2v) is 4.94. The third-order valence-corrected chi connectivity index (χ3v) is 3.53. The van der Waals surface area contributed by atoms with Gasteiger partial charge in [0.05, 0.1) is 0 Å². The van der Waals surface area contributed by atoms with Gasteiger partial charge in [-0.2, -0.15) is 0 Å². The molecule has 1 atom stereocenters. The number of halogens is 1. The fraction of sp³-hybridized carbons (Fsp3) is 0.294. The molecule has 0 aliphatic rings. The van der Waals surface area contributed by atoms with Crippen molar-refractivity contribution in [3.63, 3.8) is 0 Å². The highest BCUT2D eigenvalue weighted by Crippen LogP contribution is 2.20. The minimum Gasteiger partial charge on any atom is -0.385 e. The average molecular weight is 257 g/mol. The van der Waals surface area contributed by atoms with Crippen LogP contribution in [0.1, 0.15) is 30.4 Å². The summed E-state index contributed by atoms with van der Waals surface area (Å²) >= 11 is 0. The third kappa shape index (κ3) is 3.57. The summed E-state index contributed by atoms with van der Waals surface area (Å²) in [5.74, 6) is 0.351. The molecule has 2 heteroatoms. The first-order valence-corrected chi connectivity index (χ1v) is 6.72. The SMILES string of the molecule is Cc1c(F)cccc1NCCC(C)c1ccccc1. The van der Waals surface area contributed by atoms with Crippen LogP contribution in [0.4, 0.5) is 10.1 Å². The van der Waals surface area contributed by atoms with Crippen molar-refractivity contribution < 1.29 is 4.39 Å². The molecule has 100 valence electrons. The minimum atomic E-state index is -0.152. The first-order valence-electron chi connectivity index (χ1n) is 6.72. The maximum absolute atomic E-state index is 13.4. The van der Waals surface area contributed by atoms with Crippen molar-refractivity contribution in [2.75, 3.05) is 11.9 Å². The van der Waals surface area contributed by atoms with Gasteiger partial charge in [0.25, 0.3) is 0 Å². The highest BCUT2D eigenvalue weighted by Gasteiger charge is 2.06. The van der Waals surface area contributed by atoms with Gasteiger partial charge in [0.2, 0.25) is 0 Å². The van der Waals surface area contributed by atoms with Gasteiger partial charge in [0.15, 0.2) is 0 Å². The van der Waals surface area contributed by atoms with Crippen LogP contribution >= 0.6 is 0 Å². The molecule has 2 aromatic carbocycles. The van der Waals surface area contributed by atoms with Gasteiger partial charge in [-0.3, -0.25) is 0 Å². The van der Waals surface area contributed by atoms with Crippen molar-refractivity contribution >= 4 is 5.69 Å². The number of anilines is 1. The molecule has 0 aliphatic carbocycles. The Morgan fingerprint density at radius 3 is 2.53 bits per heavy atom. The zero-order chi connectivity index (χ0) is 13.7. The maximum Gasteiger partial charge on any atom is 0.128 e. The fourth-order valence-corrected chi connectivity index (χ4v) is 2.17. The van der Waals surface area contributed by atoms with E-state index in [2.05, 4.69) is 36.5 Å². The van der Waals surface area contributed by atoms with E-state index < -0.39 is 0 Å². The molecule has 0 bridgehead atoms. The monoisotopic (exact) mass is 257 g/mol. The largest absolute Gasteiger partial charge is 0.385 e. The molecular formula is C17H20FN. The van der Waals surface area contributed by atoms with Crippen LogP contribution in [0.25, 0.3) is 0 Å². The summed E-state index contributed by atoms with van der Waals surface area (Å²) in [7, 11) is 0. The summed E-state index contributed by atoms with van der Waals surface area (Å²) in [5.41, 5.74) is 2.93. The molecular weight excluding hydrogens is 237 g/mol. The van der Waals surface area contributed by atoms with E-state index in [1.54, 1.807) is 13.0 Å². The van der Waals surface area contributed by atoms with Gasteiger partial charge < -0.3 is 5.32 Å². The molecule has 0 spiro atoms.